The Bertz CT molecular complexity index is 3180. The van der Waals surface area contributed by atoms with E-state index in [2.05, 4.69) is 155 Å². The van der Waals surface area contributed by atoms with Crippen LogP contribution in [-0.2, 0) is 0 Å². The second-order valence-corrected chi connectivity index (χ2v) is 13.6. The third kappa shape index (κ3) is 4.96. The smallest absolute Gasteiger partial charge is 0.164 e. The first-order chi connectivity index (χ1) is 26.7. The standard InChI is InChI=1S/C48H29N5O/c1-2-9-30(10-3-1)31-17-18-33-26-35(20-19-32(33)25-31)47-50-46(51-48(52-47)36-21-22-40-41-23-24-49-29-45(41)54-44(40)28-36)34-11-8-12-37(27-34)53-42-15-6-4-13-38(42)39-14-5-7-16-43(39)53/h1-29H. The van der Waals surface area contributed by atoms with Gasteiger partial charge in [0.15, 0.2) is 23.1 Å². The Balaban J connectivity index is 1.08. The molecule has 0 aliphatic carbocycles. The fourth-order valence-corrected chi connectivity index (χ4v) is 7.71. The van der Waals surface area contributed by atoms with Crippen molar-refractivity contribution in [3.05, 3.63) is 176 Å². The minimum absolute atomic E-state index is 0.567. The maximum Gasteiger partial charge on any atom is 0.164 e. The molecule has 0 N–H and O–H groups in total. The second-order valence-electron chi connectivity index (χ2n) is 13.6. The molecule has 0 aliphatic rings. The monoisotopic (exact) mass is 691 g/mol. The Morgan fingerprint density at radius 2 is 0.963 bits per heavy atom. The summed E-state index contributed by atoms with van der Waals surface area (Å²) in [5, 5.41) is 6.74. The van der Waals surface area contributed by atoms with Gasteiger partial charge >= 0.3 is 0 Å². The zero-order valence-corrected chi connectivity index (χ0v) is 28.9. The summed E-state index contributed by atoms with van der Waals surface area (Å²) in [6.07, 6.45) is 3.54. The number of benzene rings is 7. The quantitative estimate of drug-likeness (QED) is 0.180. The Morgan fingerprint density at radius 3 is 1.70 bits per heavy atom. The number of aromatic nitrogens is 5. The van der Waals surface area contributed by atoms with Crippen molar-refractivity contribution in [3.63, 3.8) is 0 Å². The van der Waals surface area contributed by atoms with Gasteiger partial charge in [-0.15, -0.1) is 0 Å². The first-order valence-corrected chi connectivity index (χ1v) is 17.9. The lowest BCUT2D eigenvalue weighted by Gasteiger charge is -2.12. The van der Waals surface area contributed by atoms with Crippen molar-refractivity contribution in [1.29, 1.82) is 0 Å². The zero-order chi connectivity index (χ0) is 35.6. The third-order valence-corrected chi connectivity index (χ3v) is 10.3. The van der Waals surface area contributed by atoms with Gasteiger partial charge in [0.05, 0.1) is 17.2 Å². The molecule has 7 aromatic carbocycles. The minimum Gasteiger partial charge on any atom is -0.454 e. The molecule has 4 aromatic heterocycles. The number of fused-ring (bicyclic) bond motifs is 7. The van der Waals surface area contributed by atoms with E-state index < -0.39 is 0 Å². The average molecular weight is 692 g/mol. The lowest BCUT2D eigenvalue weighted by Crippen LogP contribution is -2.01. The van der Waals surface area contributed by atoms with Gasteiger partial charge in [-0.1, -0.05) is 109 Å². The van der Waals surface area contributed by atoms with Gasteiger partial charge in [0.1, 0.15) is 5.58 Å². The van der Waals surface area contributed by atoms with Crippen LogP contribution in [0.5, 0.6) is 0 Å². The van der Waals surface area contributed by atoms with Crippen LogP contribution in [0.25, 0.3) is 105 Å². The molecule has 4 heterocycles. The summed E-state index contributed by atoms with van der Waals surface area (Å²) in [5.74, 6) is 1.75. The third-order valence-electron chi connectivity index (χ3n) is 10.3. The van der Waals surface area contributed by atoms with E-state index in [1.807, 2.05) is 18.2 Å². The van der Waals surface area contributed by atoms with E-state index in [9.17, 15) is 0 Å². The Hall–Kier alpha value is -7.44. The average Bonchev–Trinajstić information content (AvgIpc) is 3.79. The summed E-state index contributed by atoms with van der Waals surface area (Å²) in [5.41, 5.74) is 9.84. The maximum atomic E-state index is 6.23. The Labute approximate surface area is 309 Å². The first-order valence-electron chi connectivity index (χ1n) is 17.9. The highest BCUT2D eigenvalue weighted by Gasteiger charge is 2.17. The van der Waals surface area contributed by atoms with Crippen molar-refractivity contribution in [3.8, 4) is 51.0 Å². The molecular formula is C48H29N5O. The SMILES string of the molecule is c1ccc(-c2ccc3cc(-c4nc(-c5cccc(-n6c7ccccc7c7ccccc76)c5)nc(-c5ccc6c(c5)oc5cnccc56)n4)ccc3c2)cc1. The number of hydrogen-bond donors (Lipinski definition) is 0. The molecule has 0 bridgehead atoms. The van der Waals surface area contributed by atoms with Crippen LogP contribution in [0.2, 0.25) is 0 Å². The van der Waals surface area contributed by atoms with Crippen LogP contribution >= 0.6 is 0 Å². The summed E-state index contributed by atoms with van der Waals surface area (Å²) >= 11 is 0. The van der Waals surface area contributed by atoms with E-state index in [0.717, 1.165) is 66.1 Å². The molecule has 6 heteroatoms. The molecular weight excluding hydrogens is 663 g/mol. The van der Waals surface area contributed by atoms with Crippen LogP contribution in [0.3, 0.4) is 0 Å². The van der Waals surface area contributed by atoms with E-state index in [1.165, 1.54) is 21.9 Å². The van der Waals surface area contributed by atoms with E-state index >= 15 is 0 Å². The van der Waals surface area contributed by atoms with Gasteiger partial charge in [-0.2, -0.15) is 0 Å². The Morgan fingerprint density at radius 1 is 0.389 bits per heavy atom. The number of hydrogen-bond acceptors (Lipinski definition) is 5. The van der Waals surface area contributed by atoms with Gasteiger partial charge < -0.3 is 8.98 Å². The van der Waals surface area contributed by atoms with Gasteiger partial charge in [-0.3, -0.25) is 4.98 Å². The highest BCUT2D eigenvalue weighted by Crippen LogP contribution is 2.35. The molecule has 0 unspecified atom stereocenters. The molecule has 11 rings (SSSR count). The van der Waals surface area contributed by atoms with Gasteiger partial charge in [0.25, 0.3) is 0 Å². The summed E-state index contributed by atoms with van der Waals surface area (Å²) in [6, 6.07) is 57.1. The maximum absolute atomic E-state index is 6.23. The van der Waals surface area contributed by atoms with E-state index in [-0.39, 0.29) is 0 Å². The molecule has 252 valence electrons. The molecule has 0 amide bonds. The van der Waals surface area contributed by atoms with Crippen molar-refractivity contribution in [2.24, 2.45) is 0 Å². The molecule has 0 saturated carbocycles. The lowest BCUT2D eigenvalue weighted by atomic mass is 10.00. The normalized spacial score (nSPS) is 11.7. The van der Waals surface area contributed by atoms with Crippen molar-refractivity contribution < 1.29 is 4.42 Å². The molecule has 0 fully saturated rings. The molecule has 0 atom stereocenters. The van der Waals surface area contributed by atoms with E-state index in [0.29, 0.717) is 17.5 Å². The fourth-order valence-electron chi connectivity index (χ4n) is 7.71. The minimum atomic E-state index is 0.567. The molecule has 54 heavy (non-hydrogen) atoms. The number of para-hydroxylation sites is 2. The van der Waals surface area contributed by atoms with Gasteiger partial charge in [-0.25, -0.2) is 15.0 Å². The number of pyridine rings is 1. The van der Waals surface area contributed by atoms with Gasteiger partial charge in [0.2, 0.25) is 0 Å². The molecule has 0 spiro atoms. The zero-order valence-electron chi connectivity index (χ0n) is 28.9. The molecule has 6 nitrogen and oxygen atoms in total. The van der Waals surface area contributed by atoms with Crippen molar-refractivity contribution in [2.45, 2.75) is 0 Å². The number of furan rings is 1. The van der Waals surface area contributed by atoms with Gasteiger partial charge in [0, 0.05) is 50.1 Å². The largest absolute Gasteiger partial charge is 0.454 e. The van der Waals surface area contributed by atoms with Crippen LogP contribution in [0.1, 0.15) is 0 Å². The van der Waals surface area contributed by atoms with Crippen molar-refractivity contribution >= 4 is 54.5 Å². The summed E-state index contributed by atoms with van der Waals surface area (Å²) in [4.78, 5) is 19.6. The fraction of sp³-hybridized carbons (Fsp3) is 0. The van der Waals surface area contributed by atoms with Crippen LogP contribution < -0.4 is 0 Å². The lowest BCUT2D eigenvalue weighted by molar-refractivity contribution is 0.667. The van der Waals surface area contributed by atoms with Gasteiger partial charge in [-0.05, 0) is 76.5 Å². The molecule has 11 aromatic rings. The van der Waals surface area contributed by atoms with Crippen LogP contribution in [0.4, 0.5) is 0 Å². The van der Waals surface area contributed by atoms with E-state index in [4.69, 9.17) is 19.4 Å². The molecule has 0 saturated heterocycles. The predicted octanol–water partition coefficient (Wildman–Crippen LogP) is 12.1. The van der Waals surface area contributed by atoms with Crippen LogP contribution in [0.15, 0.2) is 181 Å². The topological polar surface area (TPSA) is 69.6 Å². The van der Waals surface area contributed by atoms with Crippen molar-refractivity contribution in [1.82, 2.24) is 24.5 Å². The highest BCUT2D eigenvalue weighted by molar-refractivity contribution is 6.09. The number of rotatable bonds is 5. The molecule has 0 aliphatic heterocycles. The molecule has 0 radical (unpaired) electrons. The number of nitrogens with zero attached hydrogens (tertiary/aromatic N) is 5. The summed E-state index contributed by atoms with van der Waals surface area (Å²) in [7, 11) is 0. The summed E-state index contributed by atoms with van der Waals surface area (Å²) in [6.45, 7) is 0. The van der Waals surface area contributed by atoms with E-state index in [1.54, 1.807) is 12.4 Å². The van der Waals surface area contributed by atoms with Crippen molar-refractivity contribution in [2.75, 3.05) is 0 Å². The predicted molar refractivity (Wildman–Crippen MR) is 218 cm³/mol. The second kappa shape index (κ2) is 12.1. The highest BCUT2D eigenvalue weighted by atomic mass is 16.3. The van der Waals surface area contributed by atoms with Crippen LogP contribution in [-0.4, -0.2) is 24.5 Å². The summed E-state index contributed by atoms with van der Waals surface area (Å²) < 4.78 is 8.54. The Kier molecular flexibility index (Phi) is 6.75. The first kappa shape index (κ1) is 30.2. The van der Waals surface area contributed by atoms with Crippen LogP contribution in [0, 0.1) is 0 Å².